The van der Waals surface area contributed by atoms with Crippen molar-refractivity contribution in [2.24, 2.45) is 0 Å². The van der Waals surface area contributed by atoms with E-state index in [1.807, 2.05) is 49.3 Å². The smallest absolute Gasteiger partial charge is 0.135 e. The molecule has 0 radical (unpaired) electrons. The van der Waals surface area contributed by atoms with Gasteiger partial charge in [0.15, 0.2) is 0 Å². The summed E-state index contributed by atoms with van der Waals surface area (Å²) in [4.78, 5) is 4.28. The maximum absolute atomic E-state index is 10.8. The highest BCUT2D eigenvalue weighted by Crippen LogP contribution is 2.28. The SMILES string of the molecule is CN(C)C[C@@]1(O)CCCN(Cc2ccc(-c3ccccc3C#N)o2)C1. The molecule has 0 spiro atoms. The number of furan rings is 1. The van der Waals surface area contributed by atoms with Gasteiger partial charge in [-0.2, -0.15) is 5.26 Å². The molecule has 1 aliphatic rings. The average Bonchev–Trinajstić information content (AvgIpc) is 3.02. The minimum absolute atomic E-state index is 0.613. The van der Waals surface area contributed by atoms with Crippen molar-refractivity contribution in [3.05, 3.63) is 47.7 Å². The third kappa shape index (κ3) is 4.29. The van der Waals surface area contributed by atoms with Crippen molar-refractivity contribution in [1.82, 2.24) is 9.80 Å². The maximum atomic E-state index is 10.8. The lowest BCUT2D eigenvalue weighted by Gasteiger charge is -2.40. The van der Waals surface area contributed by atoms with Crippen LogP contribution in [-0.4, -0.2) is 54.2 Å². The molecule has 1 fully saturated rings. The summed E-state index contributed by atoms with van der Waals surface area (Å²) in [6.45, 7) is 2.95. The van der Waals surface area contributed by atoms with E-state index in [1.54, 1.807) is 6.07 Å². The molecule has 0 unspecified atom stereocenters. The van der Waals surface area contributed by atoms with Gasteiger partial charge in [0.2, 0.25) is 0 Å². The number of likely N-dealkylation sites (N-methyl/N-ethyl adjacent to an activating group) is 1. The second-order valence-corrected chi connectivity index (χ2v) is 7.20. The quantitative estimate of drug-likeness (QED) is 0.907. The average molecular weight is 339 g/mol. The van der Waals surface area contributed by atoms with Gasteiger partial charge in [-0.3, -0.25) is 4.90 Å². The number of benzene rings is 1. The Morgan fingerprint density at radius 1 is 1.28 bits per heavy atom. The predicted molar refractivity (Wildman–Crippen MR) is 96.9 cm³/mol. The molecule has 1 N–H and O–H groups in total. The first-order valence-corrected chi connectivity index (χ1v) is 8.67. The second kappa shape index (κ2) is 7.40. The van der Waals surface area contributed by atoms with Crippen LogP contribution in [0.5, 0.6) is 0 Å². The van der Waals surface area contributed by atoms with Crippen LogP contribution in [-0.2, 0) is 6.54 Å². The van der Waals surface area contributed by atoms with Gasteiger partial charge in [0.25, 0.3) is 0 Å². The summed E-state index contributed by atoms with van der Waals surface area (Å²) in [5, 5.41) is 20.0. The molecule has 1 aliphatic heterocycles. The highest BCUT2D eigenvalue weighted by Gasteiger charge is 2.33. The molecule has 3 rings (SSSR count). The molecule has 1 aromatic carbocycles. The van der Waals surface area contributed by atoms with Crippen LogP contribution in [0.2, 0.25) is 0 Å². The van der Waals surface area contributed by atoms with Crippen LogP contribution in [0, 0.1) is 11.3 Å². The number of hydrogen-bond donors (Lipinski definition) is 1. The molecule has 25 heavy (non-hydrogen) atoms. The molecule has 5 heteroatoms. The van der Waals surface area contributed by atoms with Crippen molar-refractivity contribution < 1.29 is 9.52 Å². The second-order valence-electron chi connectivity index (χ2n) is 7.20. The Morgan fingerprint density at radius 2 is 2.08 bits per heavy atom. The number of nitrogens with zero attached hydrogens (tertiary/aromatic N) is 3. The van der Waals surface area contributed by atoms with E-state index in [9.17, 15) is 10.4 Å². The van der Waals surface area contributed by atoms with Gasteiger partial charge >= 0.3 is 0 Å². The summed E-state index contributed by atoms with van der Waals surface area (Å²) >= 11 is 0. The number of piperidine rings is 1. The van der Waals surface area contributed by atoms with Gasteiger partial charge in [-0.05, 0) is 57.7 Å². The molecule has 1 saturated heterocycles. The zero-order valence-electron chi connectivity index (χ0n) is 14.9. The van der Waals surface area contributed by atoms with Crippen LogP contribution >= 0.6 is 0 Å². The molecule has 1 atom stereocenters. The van der Waals surface area contributed by atoms with Gasteiger partial charge < -0.3 is 14.4 Å². The minimum atomic E-state index is -0.662. The van der Waals surface area contributed by atoms with E-state index in [2.05, 4.69) is 11.0 Å². The van der Waals surface area contributed by atoms with E-state index < -0.39 is 5.60 Å². The number of β-amino-alcohol motifs (C(OH)–C–C–N with tert-alkyl or cyclic N) is 1. The summed E-state index contributed by atoms with van der Waals surface area (Å²) < 4.78 is 5.98. The number of aliphatic hydroxyl groups is 1. The Labute approximate surface area is 149 Å². The summed E-state index contributed by atoms with van der Waals surface area (Å²) in [6.07, 6.45) is 1.82. The molecule has 0 saturated carbocycles. The Hall–Kier alpha value is -2.13. The lowest BCUT2D eigenvalue weighted by atomic mass is 9.92. The summed E-state index contributed by atoms with van der Waals surface area (Å²) in [7, 11) is 3.98. The zero-order valence-corrected chi connectivity index (χ0v) is 14.9. The van der Waals surface area contributed by atoms with E-state index >= 15 is 0 Å². The predicted octanol–water partition coefficient (Wildman–Crippen LogP) is 2.71. The summed E-state index contributed by atoms with van der Waals surface area (Å²) in [6, 6.07) is 13.5. The largest absolute Gasteiger partial charge is 0.460 e. The molecule has 0 amide bonds. The van der Waals surface area contributed by atoms with Crippen LogP contribution in [0.4, 0.5) is 0 Å². The van der Waals surface area contributed by atoms with Gasteiger partial charge in [-0.15, -0.1) is 0 Å². The van der Waals surface area contributed by atoms with Crippen molar-refractivity contribution in [2.45, 2.75) is 25.0 Å². The molecule has 132 valence electrons. The fourth-order valence-electron chi connectivity index (χ4n) is 3.68. The van der Waals surface area contributed by atoms with E-state index in [0.717, 1.165) is 30.7 Å². The first-order chi connectivity index (χ1) is 12.0. The fourth-order valence-corrected chi connectivity index (χ4v) is 3.68. The Kier molecular flexibility index (Phi) is 5.24. The molecule has 0 bridgehead atoms. The van der Waals surface area contributed by atoms with Crippen molar-refractivity contribution >= 4 is 0 Å². The zero-order chi connectivity index (χ0) is 17.9. The van der Waals surface area contributed by atoms with Crippen molar-refractivity contribution in [3.63, 3.8) is 0 Å². The van der Waals surface area contributed by atoms with Gasteiger partial charge in [-0.1, -0.05) is 12.1 Å². The van der Waals surface area contributed by atoms with E-state index in [-0.39, 0.29) is 0 Å². The van der Waals surface area contributed by atoms with Gasteiger partial charge in [-0.25, -0.2) is 0 Å². The van der Waals surface area contributed by atoms with Crippen molar-refractivity contribution in [3.8, 4) is 17.4 Å². The van der Waals surface area contributed by atoms with Gasteiger partial charge in [0.05, 0.1) is 23.8 Å². The summed E-state index contributed by atoms with van der Waals surface area (Å²) in [5.74, 6) is 1.57. The maximum Gasteiger partial charge on any atom is 0.135 e. The lowest BCUT2D eigenvalue weighted by Crippen LogP contribution is -2.52. The molecule has 5 nitrogen and oxygen atoms in total. The third-order valence-electron chi connectivity index (χ3n) is 4.60. The van der Waals surface area contributed by atoms with E-state index in [0.29, 0.717) is 31.0 Å². The number of hydrogen-bond acceptors (Lipinski definition) is 5. The molecule has 2 heterocycles. The van der Waals surface area contributed by atoms with Crippen LogP contribution in [0.25, 0.3) is 11.3 Å². The van der Waals surface area contributed by atoms with Crippen molar-refractivity contribution in [2.75, 3.05) is 33.7 Å². The van der Waals surface area contributed by atoms with Crippen LogP contribution in [0.3, 0.4) is 0 Å². The number of rotatable bonds is 5. The normalized spacial score (nSPS) is 21.4. The molecular formula is C20H25N3O2. The molecule has 2 aromatic rings. The van der Waals surface area contributed by atoms with E-state index in [1.165, 1.54) is 0 Å². The number of likely N-dealkylation sites (tertiary alicyclic amines) is 1. The molecule has 0 aliphatic carbocycles. The Morgan fingerprint density at radius 3 is 2.84 bits per heavy atom. The molecular weight excluding hydrogens is 314 g/mol. The van der Waals surface area contributed by atoms with Gasteiger partial charge in [0.1, 0.15) is 11.5 Å². The first-order valence-electron chi connectivity index (χ1n) is 8.67. The van der Waals surface area contributed by atoms with E-state index in [4.69, 9.17) is 4.42 Å². The topological polar surface area (TPSA) is 63.6 Å². The Balaban J connectivity index is 1.70. The lowest BCUT2D eigenvalue weighted by molar-refractivity contribution is -0.0492. The highest BCUT2D eigenvalue weighted by atomic mass is 16.3. The standard InChI is InChI=1S/C20H25N3O2/c1-22(2)14-20(24)10-5-11-23(15-20)13-17-8-9-19(25-17)18-7-4-3-6-16(18)12-21/h3-4,6-9,24H,5,10-11,13-15H2,1-2H3/t20-/m0/s1. The third-order valence-corrected chi connectivity index (χ3v) is 4.60. The number of nitriles is 1. The van der Waals surface area contributed by atoms with Crippen LogP contribution in [0.1, 0.15) is 24.2 Å². The van der Waals surface area contributed by atoms with Crippen LogP contribution < -0.4 is 0 Å². The highest BCUT2D eigenvalue weighted by molar-refractivity contribution is 5.66. The summed E-state index contributed by atoms with van der Waals surface area (Å²) in [5.41, 5.74) is 0.769. The monoisotopic (exact) mass is 339 g/mol. The fraction of sp³-hybridized carbons (Fsp3) is 0.450. The molecule has 1 aromatic heterocycles. The van der Waals surface area contributed by atoms with Crippen LogP contribution in [0.15, 0.2) is 40.8 Å². The Bertz CT molecular complexity index is 762. The van der Waals surface area contributed by atoms with Gasteiger partial charge in [0, 0.05) is 18.7 Å². The first kappa shape index (κ1) is 17.7. The minimum Gasteiger partial charge on any atom is -0.460 e. The van der Waals surface area contributed by atoms with Crippen molar-refractivity contribution in [1.29, 1.82) is 5.26 Å².